The Kier molecular flexibility index (Phi) is 4.00. The molecule has 1 amide bonds. The van der Waals surface area contributed by atoms with Crippen molar-refractivity contribution in [3.05, 3.63) is 29.1 Å². The molecule has 1 aliphatic carbocycles. The van der Waals surface area contributed by atoms with Gasteiger partial charge in [-0.05, 0) is 50.8 Å². The number of aryl methyl sites for hydroxylation is 2. The molecule has 1 saturated carbocycles. The van der Waals surface area contributed by atoms with Crippen molar-refractivity contribution in [3.8, 4) is 0 Å². The number of nitrogens with zero attached hydrogens (tertiary/aromatic N) is 1. The maximum Gasteiger partial charge on any atom is 0.227 e. The highest BCUT2D eigenvalue weighted by atomic mass is 16.1. The smallest absolute Gasteiger partial charge is 0.227 e. The first kappa shape index (κ1) is 13.1. The maximum absolute atomic E-state index is 12.2. The summed E-state index contributed by atoms with van der Waals surface area (Å²) in [6, 6.07) is 2.41. The number of carbonyl (C=O) groups is 1. The van der Waals surface area contributed by atoms with Crippen molar-refractivity contribution in [2.24, 2.45) is 0 Å². The molecule has 3 heteroatoms. The molecule has 3 nitrogen and oxygen atoms in total. The van der Waals surface area contributed by atoms with Gasteiger partial charge in [-0.3, -0.25) is 9.78 Å². The standard InChI is InChI=1S/C15H22N2O/c1-10-9-16-11(2)8-14(10)12(3)15(18)17-13-6-4-5-7-13/h8-9,12-13H,4-7H2,1-3H3,(H,17,18). The quantitative estimate of drug-likeness (QED) is 0.891. The first-order valence-electron chi connectivity index (χ1n) is 6.81. The monoisotopic (exact) mass is 246 g/mol. The van der Waals surface area contributed by atoms with Crippen LogP contribution in [-0.2, 0) is 4.79 Å². The van der Waals surface area contributed by atoms with Gasteiger partial charge in [-0.25, -0.2) is 0 Å². The molecule has 0 spiro atoms. The van der Waals surface area contributed by atoms with Crippen LogP contribution in [-0.4, -0.2) is 16.9 Å². The van der Waals surface area contributed by atoms with Gasteiger partial charge in [0, 0.05) is 17.9 Å². The van der Waals surface area contributed by atoms with Gasteiger partial charge in [0.1, 0.15) is 0 Å². The molecule has 1 heterocycles. The molecule has 1 aromatic rings. The summed E-state index contributed by atoms with van der Waals surface area (Å²) >= 11 is 0. The molecule has 1 unspecified atom stereocenters. The fraction of sp³-hybridized carbons (Fsp3) is 0.600. The van der Waals surface area contributed by atoms with Crippen molar-refractivity contribution in [3.63, 3.8) is 0 Å². The highest BCUT2D eigenvalue weighted by molar-refractivity contribution is 5.83. The van der Waals surface area contributed by atoms with Crippen LogP contribution in [0.15, 0.2) is 12.3 Å². The highest BCUT2D eigenvalue weighted by Crippen LogP contribution is 2.22. The molecule has 0 aromatic carbocycles. The number of hydrogen-bond donors (Lipinski definition) is 1. The summed E-state index contributed by atoms with van der Waals surface area (Å²) in [6.45, 7) is 5.96. The van der Waals surface area contributed by atoms with Crippen LogP contribution < -0.4 is 5.32 Å². The van der Waals surface area contributed by atoms with Crippen LogP contribution in [0.4, 0.5) is 0 Å². The van der Waals surface area contributed by atoms with E-state index in [1.54, 1.807) is 0 Å². The van der Waals surface area contributed by atoms with Gasteiger partial charge in [0.2, 0.25) is 5.91 Å². The van der Waals surface area contributed by atoms with Crippen LogP contribution >= 0.6 is 0 Å². The topological polar surface area (TPSA) is 42.0 Å². The summed E-state index contributed by atoms with van der Waals surface area (Å²) < 4.78 is 0. The van der Waals surface area contributed by atoms with Gasteiger partial charge in [-0.1, -0.05) is 12.8 Å². The van der Waals surface area contributed by atoms with Gasteiger partial charge in [0.15, 0.2) is 0 Å². The summed E-state index contributed by atoms with van der Waals surface area (Å²) in [5.74, 6) is 0.0582. The van der Waals surface area contributed by atoms with Gasteiger partial charge in [-0.15, -0.1) is 0 Å². The zero-order valence-corrected chi connectivity index (χ0v) is 11.5. The van der Waals surface area contributed by atoms with Crippen LogP contribution in [0, 0.1) is 13.8 Å². The van der Waals surface area contributed by atoms with Crippen molar-refractivity contribution < 1.29 is 4.79 Å². The number of carbonyl (C=O) groups excluding carboxylic acids is 1. The Hall–Kier alpha value is -1.38. The normalized spacial score (nSPS) is 17.7. The number of pyridine rings is 1. The van der Waals surface area contributed by atoms with Gasteiger partial charge in [-0.2, -0.15) is 0 Å². The lowest BCUT2D eigenvalue weighted by atomic mass is 9.96. The van der Waals surface area contributed by atoms with Crippen molar-refractivity contribution in [1.82, 2.24) is 10.3 Å². The zero-order valence-electron chi connectivity index (χ0n) is 11.5. The van der Waals surface area contributed by atoms with Gasteiger partial charge < -0.3 is 5.32 Å². The van der Waals surface area contributed by atoms with E-state index in [1.807, 2.05) is 33.0 Å². The summed E-state index contributed by atoms with van der Waals surface area (Å²) in [4.78, 5) is 16.5. The number of rotatable bonds is 3. The first-order chi connectivity index (χ1) is 8.58. The van der Waals surface area contributed by atoms with Crippen molar-refractivity contribution in [2.75, 3.05) is 0 Å². The van der Waals surface area contributed by atoms with Crippen molar-refractivity contribution in [2.45, 2.75) is 58.4 Å². The summed E-state index contributed by atoms with van der Waals surface area (Å²) in [5, 5.41) is 3.16. The molecule has 1 atom stereocenters. The first-order valence-corrected chi connectivity index (χ1v) is 6.81. The molecule has 0 saturated heterocycles. The third-order valence-electron chi connectivity index (χ3n) is 3.84. The Morgan fingerprint density at radius 2 is 2.06 bits per heavy atom. The predicted molar refractivity (Wildman–Crippen MR) is 72.5 cm³/mol. The minimum Gasteiger partial charge on any atom is -0.353 e. The van der Waals surface area contributed by atoms with E-state index < -0.39 is 0 Å². The molecule has 98 valence electrons. The summed E-state index contributed by atoms with van der Waals surface area (Å²) in [5.41, 5.74) is 3.16. The van der Waals surface area contributed by atoms with Gasteiger partial charge in [0.05, 0.1) is 5.92 Å². The van der Waals surface area contributed by atoms with E-state index in [0.29, 0.717) is 6.04 Å². The van der Waals surface area contributed by atoms with Crippen LogP contribution in [0.25, 0.3) is 0 Å². The van der Waals surface area contributed by atoms with E-state index in [2.05, 4.69) is 10.3 Å². The molecule has 1 aromatic heterocycles. The minimum atomic E-state index is -0.0905. The third kappa shape index (κ3) is 2.89. The number of aromatic nitrogens is 1. The molecule has 1 aliphatic rings. The lowest BCUT2D eigenvalue weighted by Gasteiger charge is -2.18. The molecule has 2 rings (SSSR count). The highest BCUT2D eigenvalue weighted by Gasteiger charge is 2.22. The van der Waals surface area contributed by atoms with E-state index in [-0.39, 0.29) is 11.8 Å². The van der Waals surface area contributed by atoms with E-state index in [1.165, 1.54) is 12.8 Å². The molecule has 0 aliphatic heterocycles. The minimum absolute atomic E-state index is 0.0905. The zero-order chi connectivity index (χ0) is 13.1. The van der Waals surface area contributed by atoms with Crippen LogP contribution in [0.3, 0.4) is 0 Å². The Labute approximate surface area is 109 Å². The number of hydrogen-bond acceptors (Lipinski definition) is 2. The van der Waals surface area contributed by atoms with Gasteiger partial charge in [0.25, 0.3) is 0 Å². The van der Waals surface area contributed by atoms with E-state index >= 15 is 0 Å². The number of nitrogens with one attached hydrogen (secondary N) is 1. The largest absolute Gasteiger partial charge is 0.353 e. The van der Waals surface area contributed by atoms with Crippen LogP contribution in [0.2, 0.25) is 0 Å². The maximum atomic E-state index is 12.2. The van der Waals surface area contributed by atoms with Crippen LogP contribution in [0.1, 0.15) is 55.3 Å². The van der Waals surface area contributed by atoms with E-state index in [4.69, 9.17) is 0 Å². The van der Waals surface area contributed by atoms with E-state index in [9.17, 15) is 4.79 Å². The molecule has 1 fully saturated rings. The second-order valence-electron chi connectivity index (χ2n) is 5.39. The summed E-state index contributed by atoms with van der Waals surface area (Å²) in [6.07, 6.45) is 6.60. The molecular formula is C15H22N2O. The van der Waals surface area contributed by atoms with E-state index in [0.717, 1.165) is 29.7 Å². The average molecular weight is 246 g/mol. The molecule has 18 heavy (non-hydrogen) atoms. The second kappa shape index (κ2) is 5.51. The van der Waals surface area contributed by atoms with Crippen molar-refractivity contribution in [1.29, 1.82) is 0 Å². The molecule has 0 bridgehead atoms. The SMILES string of the molecule is Cc1cc(C(C)C(=O)NC2CCCC2)c(C)cn1. The Morgan fingerprint density at radius 3 is 2.72 bits per heavy atom. The Bertz CT molecular complexity index is 436. The van der Waals surface area contributed by atoms with Gasteiger partial charge >= 0.3 is 0 Å². The summed E-state index contributed by atoms with van der Waals surface area (Å²) in [7, 11) is 0. The van der Waals surface area contributed by atoms with Crippen molar-refractivity contribution >= 4 is 5.91 Å². The fourth-order valence-electron chi connectivity index (χ4n) is 2.65. The molecule has 0 radical (unpaired) electrons. The lowest BCUT2D eigenvalue weighted by Crippen LogP contribution is -2.35. The average Bonchev–Trinajstić information content (AvgIpc) is 2.84. The number of amides is 1. The molecular weight excluding hydrogens is 224 g/mol. The van der Waals surface area contributed by atoms with Crippen LogP contribution in [0.5, 0.6) is 0 Å². The third-order valence-corrected chi connectivity index (χ3v) is 3.84. The Balaban J connectivity index is 2.07. The second-order valence-corrected chi connectivity index (χ2v) is 5.39. The Morgan fingerprint density at radius 1 is 1.39 bits per heavy atom. The predicted octanol–water partition coefficient (Wildman–Crippen LogP) is 2.86. The molecule has 1 N–H and O–H groups in total. The fourth-order valence-corrected chi connectivity index (χ4v) is 2.65. The lowest BCUT2D eigenvalue weighted by molar-refractivity contribution is -0.122.